The van der Waals surface area contributed by atoms with Gasteiger partial charge in [-0.15, -0.1) is 0 Å². The maximum Gasteiger partial charge on any atom is 0.246 e. The zero-order valence-corrected chi connectivity index (χ0v) is 9.74. The smallest absolute Gasteiger partial charge is 0.246 e. The first kappa shape index (κ1) is 13.4. The minimum absolute atomic E-state index is 0.0566. The van der Waals surface area contributed by atoms with Crippen LogP contribution in [0.2, 0.25) is 0 Å². The highest BCUT2D eigenvalue weighted by Gasteiger charge is 2.02. The fourth-order valence-electron chi connectivity index (χ4n) is 1.29. The van der Waals surface area contributed by atoms with Crippen LogP contribution >= 0.6 is 0 Å². The maximum atomic E-state index is 12.7. The van der Waals surface area contributed by atoms with Crippen LogP contribution in [0, 0.1) is 5.82 Å². The van der Waals surface area contributed by atoms with Gasteiger partial charge < -0.3 is 10.4 Å². The first-order valence-corrected chi connectivity index (χ1v) is 5.46. The van der Waals surface area contributed by atoms with Gasteiger partial charge in [0.05, 0.1) is 0 Å². The molecule has 1 aromatic carbocycles. The quantitative estimate of drug-likeness (QED) is 0.605. The van der Waals surface area contributed by atoms with Crippen LogP contribution < -0.4 is 5.32 Å². The van der Waals surface area contributed by atoms with E-state index in [0.29, 0.717) is 18.5 Å². The van der Waals surface area contributed by atoms with Gasteiger partial charge in [-0.1, -0.05) is 12.1 Å². The topological polar surface area (TPSA) is 49.3 Å². The molecule has 4 heteroatoms. The highest BCUT2D eigenvalue weighted by Crippen LogP contribution is 2.08. The number of rotatable bonds is 5. The van der Waals surface area contributed by atoms with E-state index in [0.717, 1.165) is 5.56 Å². The standard InChI is InChI=1S/C13H16FNO2/c1-10(13(17)15-7-2-8-16)9-11-3-5-12(14)6-4-11/h3-6,9,16H,2,7-8H2,1H3,(H,15,17)/b10-9-. The van der Waals surface area contributed by atoms with Crippen LogP contribution in [0.15, 0.2) is 29.8 Å². The molecule has 92 valence electrons. The number of nitrogens with one attached hydrogen (secondary N) is 1. The van der Waals surface area contributed by atoms with Crippen LogP contribution in [0.5, 0.6) is 0 Å². The molecule has 1 aromatic rings. The molecule has 0 atom stereocenters. The average Bonchev–Trinajstić information content (AvgIpc) is 2.32. The fraction of sp³-hybridized carbons (Fsp3) is 0.308. The molecular weight excluding hydrogens is 221 g/mol. The van der Waals surface area contributed by atoms with E-state index in [2.05, 4.69) is 5.32 Å². The van der Waals surface area contributed by atoms with Gasteiger partial charge in [0.15, 0.2) is 0 Å². The largest absolute Gasteiger partial charge is 0.396 e. The predicted octanol–water partition coefficient (Wildman–Crippen LogP) is 1.73. The van der Waals surface area contributed by atoms with E-state index in [1.807, 2.05) is 0 Å². The Morgan fingerprint density at radius 3 is 2.65 bits per heavy atom. The summed E-state index contributed by atoms with van der Waals surface area (Å²) in [6.07, 6.45) is 2.23. The first-order chi connectivity index (χ1) is 8.13. The average molecular weight is 237 g/mol. The van der Waals surface area contributed by atoms with Crippen molar-refractivity contribution in [3.63, 3.8) is 0 Å². The van der Waals surface area contributed by atoms with Gasteiger partial charge in [0.2, 0.25) is 5.91 Å². The van der Waals surface area contributed by atoms with Crippen LogP contribution in [-0.2, 0) is 4.79 Å². The monoisotopic (exact) mass is 237 g/mol. The Kier molecular flexibility index (Phi) is 5.36. The molecule has 0 aromatic heterocycles. The molecule has 0 aliphatic carbocycles. The van der Waals surface area contributed by atoms with Crippen molar-refractivity contribution < 1.29 is 14.3 Å². The van der Waals surface area contributed by atoms with Crippen molar-refractivity contribution in [2.75, 3.05) is 13.2 Å². The molecule has 0 aliphatic heterocycles. The number of aliphatic hydroxyl groups excluding tert-OH is 1. The molecule has 0 radical (unpaired) electrons. The minimum Gasteiger partial charge on any atom is -0.396 e. The molecule has 3 nitrogen and oxygen atoms in total. The molecule has 0 saturated carbocycles. The van der Waals surface area contributed by atoms with Crippen LogP contribution in [0.4, 0.5) is 4.39 Å². The van der Waals surface area contributed by atoms with E-state index in [1.165, 1.54) is 12.1 Å². The van der Waals surface area contributed by atoms with Crippen molar-refractivity contribution >= 4 is 12.0 Å². The fourth-order valence-corrected chi connectivity index (χ4v) is 1.29. The Balaban J connectivity index is 2.59. The molecule has 0 saturated heterocycles. The summed E-state index contributed by atoms with van der Waals surface area (Å²) in [5.41, 5.74) is 1.33. The summed E-state index contributed by atoms with van der Waals surface area (Å²) < 4.78 is 12.7. The van der Waals surface area contributed by atoms with E-state index in [-0.39, 0.29) is 18.3 Å². The van der Waals surface area contributed by atoms with Gasteiger partial charge >= 0.3 is 0 Å². The van der Waals surface area contributed by atoms with Gasteiger partial charge in [0.25, 0.3) is 0 Å². The van der Waals surface area contributed by atoms with E-state index < -0.39 is 0 Å². The van der Waals surface area contributed by atoms with Gasteiger partial charge in [-0.05, 0) is 37.1 Å². The lowest BCUT2D eigenvalue weighted by Crippen LogP contribution is -2.25. The van der Waals surface area contributed by atoms with Gasteiger partial charge in [-0.3, -0.25) is 4.79 Å². The molecule has 0 fully saturated rings. The predicted molar refractivity (Wildman–Crippen MR) is 64.8 cm³/mol. The lowest BCUT2D eigenvalue weighted by atomic mass is 10.1. The molecule has 2 N–H and O–H groups in total. The molecule has 0 heterocycles. The Morgan fingerprint density at radius 1 is 1.41 bits per heavy atom. The van der Waals surface area contributed by atoms with E-state index in [9.17, 15) is 9.18 Å². The zero-order valence-electron chi connectivity index (χ0n) is 9.74. The van der Waals surface area contributed by atoms with Crippen molar-refractivity contribution in [1.29, 1.82) is 0 Å². The summed E-state index contributed by atoms with van der Waals surface area (Å²) in [7, 11) is 0. The molecule has 0 unspecified atom stereocenters. The molecule has 17 heavy (non-hydrogen) atoms. The summed E-state index contributed by atoms with van der Waals surface area (Å²) in [5.74, 6) is -0.477. The molecule has 0 bridgehead atoms. The highest BCUT2D eigenvalue weighted by atomic mass is 19.1. The van der Waals surface area contributed by atoms with Crippen LogP contribution in [0.3, 0.4) is 0 Å². The van der Waals surface area contributed by atoms with Crippen molar-refractivity contribution in [2.45, 2.75) is 13.3 Å². The summed E-state index contributed by atoms with van der Waals surface area (Å²) in [4.78, 5) is 11.6. The SMILES string of the molecule is C/C(=C/c1ccc(F)cc1)C(=O)NCCCO. The van der Waals surface area contributed by atoms with E-state index >= 15 is 0 Å². The molecule has 0 aliphatic rings. The molecular formula is C13H16FNO2. The lowest BCUT2D eigenvalue weighted by Gasteiger charge is -2.04. The van der Waals surface area contributed by atoms with E-state index in [4.69, 9.17) is 5.11 Å². The second-order valence-electron chi connectivity index (χ2n) is 3.71. The van der Waals surface area contributed by atoms with Crippen LogP contribution in [-0.4, -0.2) is 24.2 Å². The minimum atomic E-state index is -0.299. The lowest BCUT2D eigenvalue weighted by molar-refractivity contribution is -0.117. The van der Waals surface area contributed by atoms with Crippen molar-refractivity contribution in [2.24, 2.45) is 0 Å². The normalized spacial score (nSPS) is 11.4. The summed E-state index contributed by atoms with van der Waals surface area (Å²) in [5, 5.41) is 11.3. The van der Waals surface area contributed by atoms with Crippen LogP contribution in [0.25, 0.3) is 6.08 Å². The zero-order chi connectivity index (χ0) is 12.7. The number of halogens is 1. The van der Waals surface area contributed by atoms with Gasteiger partial charge in [-0.25, -0.2) is 4.39 Å². The second kappa shape index (κ2) is 6.81. The van der Waals surface area contributed by atoms with Crippen molar-refractivity contribution in [1.82, 2.24) is 5.32 Å². The number of hydrogen-bond acceptors (Lipinski definition) is 2. The van der Waals surface area contributed by atoms with Gasteiger partial charge in [-0.2, -0.15) is 0 Å². The number of aliphatic hydroxyl groups is 1. The molecule has 0 spiro atoms. The number of carbonyl (C=O) groups is 1. The Bertz CT molecular complexity index is 398. The number of carbonyl (C=O) groups excluding carboxylic acids is 1. The summed E-state index contributed by atoms with van der Waals surface area (Å²) in [6.45, 7) is 2.20. The van der Waals surface area contributed by atoms with Crippen molar-refractivity contribution in [3.8, 4) is 0 Å². The third kappa shape index (κ3) is 4.78. The third-order valence-corrected chi connectivity index (χ3v) is 2.23. The van der Waals surface area contributed by atoms with E-state index in [1.54, 1.807) is 25.1 Å². The Labute approximate surface area is 100.0 Å². The highest BCUT2D eigenvalue weighted by molar-refractivity contribution is 5.97. The third-order valence-electron chi connectivity index (χ3n) is 2.23. The first-order valence-electron chi connectivity index (χ1n) is 5.46. The number of amides is 1. The van der Waals surface area contributed by atoms with Crippen molar-refractivity contribution in [3.05, 3.63) is 41.2 Å². The second-order valence-corrected chi connectivity index (χ2v) is 3.71. The summed E-state index contributed by atoms with van der Waals surface area (Å²) >= 11 is 0. The Morgan fingerprint density at radius 2 is 2.06 bits per heavy atom. The van der Waals surface area contributed by atoms with Crippen LogP contribution in [0.1, 0.15) is 18.9 Å². The summed E-state index contributed by atoms with van der Waals surface area (Å²) in [6, 6.07) is 5.92. The Hall–Kier alpha value is -1.68. The number of benzene rings is 1. The number of hydrogen-bond donors (Lipinski definition) is 2. The molecule has 1 rings (SSSR count). The maximum absolute atomic E-state index is 12.7. The molecule has 1 amide bonds. The van der Waals surface area contributed by atoms with Gasteiger partial charge in [0, 0.05) is 18.7 Å². The van der Waals surface area contributed by atoms with Gasteiger partial charge in [0.1, 0.15) is 5.82 Å².